The Kier molecular flexibility index (Phi) is 4.81. The molecule has 0 aliphatic carbocycles. The average molecular weight is 361 g/mol. The molecule has 0 saturated heterocycles. The molecule has 3 rings (SSSR count). The van der Waals surface area contributed by atoms with Gasteiger partial charge in [-0.15, -0.1) is 0 Å². The Labute approximate surface area is 158 Å². The summed E-state index contributed by atoms with van der Waals surface area (Å²) < 4.78 is 1.79. The first-order valence-corrected chi connectivity index (χ1v) is 8.65. The molecule has 0 unspecified atom stereocenters. The Morgan fingerprint density at radius 1 is 1.11 bits per heavy atom. The second-order valence-electron chi connectivity index (χ2n) is 7.36. The van der Waals surface area contributed by atoms with Gasteiger partial charge in [0.25, 0.3) is 5.91 Å². The van der Waals surface area contributed by atoms with E-state index in [-0.39, 0.29) is 11.3 Å². The fourth-order valence-corrected chi connectivity index (χ4v) is 2.76. The van der Waals surface area contributed by atoms with Crippen molar-refractivity contribution in [2.45, 2.75) is 26.2 Å². The third kappa shape index (κ3) is 3.89. The second kappa shape index (κ2) is 7.07. The number of amides is 1. The molecule has 0 radical (unpaired) electrons. The van der Waals surface area contributed by atoms with Crippen molar-refractivity contribution in [3.05, 3.63) is 71.7 Å². The number of carbonyl (C=O) groups excluding carboxylic acids is 1. The van der Waals surface area contributed by atoms with Crippen LogP contribution in [0.3, 0.4) is 0 Å². The summed E-state index contributed by atoms with van der Waals surface area (Å²) in [6.07, 6.45) is 6.13. The van der Waals surface area contributed by atoms with Gasteiger partial charge in [0.15, 0.2) is 5.82 Å². The lowest BCUT2D eigenvalue weighted by molar-refractivity contribution is 0.102. The molecular formula is C21H23N5O. The van der Waals surface area contributed by atoms with Gasteiger partial charge < -0.3 is 20.9 Å². The van der Waals surface area contributed by atoms with Crippen LogP contribution in [-0.4, -0.2) is 21.5 Å². The van der Waals surface area contributed by atoms with Crippen LogP contribution in [0.15, 0.2) is 55.0 Å². The highest BCUT2D eigenvalue weighted by Gasteiger charge is 2.15. The maximum atomic E-state index is 12.5. The van der Waals surface area contributed by atoms with Gasteiger partial charge in [0.2, 0.25) is 0 Å². The highest BCUT2D eigenvalue weighted by molar-refractivity contribution is 6.08. The smallest absolute Gasteiger partial charge is 0.256 e. The average Bonchev–Trinajstić information content (AvgIpc) is 3.03. The summed E-state index contributed by atoms with van der Waals surface area (Å²) >= 11 is 0. The number of imidazole rings is 1. The standard InChI is InChI=1S/C21H23N5O/c1-21(2,3)17-7-4-14(5-8-17)20(27)25-18-13-26-12-15(16(10-22)11-23)6-9-19(26)24-18/h4-13,22H,23H2,1-3H3,(H,25,27)/b16-11+,22-10?. The van der Waals surface area contributed by atoms with Crippen LogP contribution in [-0.2, 0) is 5.41 Å². The fraction of sp³-hybridized carbons (Fsp3) is 0.190. The molecule has 4 N–H and O–H groups in total. The number of benzene rings is 1. The van der Waals surface area contributed by atoms with Crippen LogP contribution in [0.5, 0.6) is 0 Å². The maximum Gasteiger partial charge on any atom is 0.256 e. The molecular weight excluding hydrogens is 338 g/mol. The highest BCUT2D eigenvalue weighted by atomic mass is 16.1. The number of pyridine rings is 1. The predicted octanol–water partition coefficient (Wildman–Crippen LogP) is 3.83. The van der Waals surface area contributed by atoms with E-state index in [1.165, 1.54) is 18.0 Å². The van der Waals surface area contributed by atoms with Gasteiger partial charge in [0, 0.05) is 35.3 Å². The minimum atomic E-state index is -0.207. The number of rotatable bonds is 4. The number of hydrogen-bond donors (Lipinski definition) is 3. The zero-order valence-corrected chi connectivity index (χ0v) is 15.7. The van der Waals surface area contributed by atoms with Crippen LogP contribution < -0.4 is 11.1 Å². The van der Waals surface area contributed by atoms with Gasteiger partial charge in [-0.2, -0.15) is 0 Å². The summed E-state index contributed by atoms with van der Waals surface area (Å²) in [7, 11) is 0. The van der Waals surface area contributed by atoms with E-state index in [4.69, 9.17) is 11.1 Å². The number of nitrogens with zero attached hydrogens (tertiary/aromatic N) is 2. The lowest BCUT2D eigenvalue weighted by Gasteiger charge is -2.18. The first-order chi connectivity index (χ1) is 12.8. The van der Waals surface area contributed by atoms with E-state index >= 15 is 0 Å². The first kappa shape index (κ1) is 18.4. The zero-order chi connectivity index (χ0) is 19.6. The molecule has 0 atom stereocenters. The summed E-state index contributed by atoms with van der Waals surface area (Å²) in [4.78, 5) is 16.9. The zero-order valence-electron chi connectivity index (χ0n) is 15.7. The largest absolute Gasteiger partial charge is 0.404 e. The molecule has 0 saturated carbocycles. The van der Waals surface area contributed by atoms with Gasteiger partial charge in [-0.25, -0.2) is 4.98 Å². The molecule has 0 aliphatic heterocycles. The van der Waals surface area contributed by atoms with Crippen molar-refractivity contribution < 1.29 is 4.79 Å². The lowest BCUT2D eigenvalue weighted by atomic mass is 9.87. The lowest BCUT2D eigenvalue weighted by Crippen LogP contribution is -2.14. The second-order valence-corrected chi connectivity index (χ2v) is 7.36. The SMILES string of the molecule is CC(C)(C)c1ccc(C(=O)Nc2cn3cc(/C(C=N)=C/N)ccc3n2)cc1. The molecule has 6 heteroatoms. The van der Waals surface area contributed by atoms with E-state index in [1.54, 1.807) is 10.6 Å². The van der Waals surface area contributed by atoms with Crippen LogP contribution in [0.4, 0.5) is 5.82 Å². The minimum Gasteiger partial charge on any atom is -0.404 e. The Hall–Kier alpha value is -3.41. The van der Waals surface area contributed by atoms with Gasteiger partial charge in [0.05, 0.1) is 6.20 Å². The van der Waals surface area contributed by atoms with E-state index in [9.17, 15) is 4.79 Å². The van der Waals surface area contributed by atoms with Gasteiger partial charge in [-0.1, -0.05) is 32.9 Å². The number of hydrogen-bond acceptors (Lipinski definition) is 4. The number of aromatic nitrogens is 2. The van der Waals surface area contributed by atoms with Crippen molar-refractivity contribution in [2.24, 2.45) is 5.73 Å². The Bertz CT molecular complexity index is 1020. The van der Waals surface area contributed by atoms with Crippen LogP contribution >= 0.6 is 0 Å². The summed E-state index contributed by atoms with van der Waals surface area (Å²) in [6, 6.07) is 11.3. The summed E-state index contributed by atoms with van der Waals surface area (Å²) in [5, 5.41) is 10.2. The highest BCUT2D eigenvalue weighted by Crippen LogP contribution is 2.22. The van der Waals surface area contributed by atoms with Gasteiger partial charge in [-0.05, 0) is 35.2 Å². The quantitative estimate of drug-likeness (QED) is 0.616. The van der Waals surface area contributed by atoms with Crippen LogP contribution in [0.1, 0.15) is 42.3 Å². The molecule has 138 valence electrons. The molecule has 6 nitrogen and oxygen atoms in total. The Morgan fingerprint density at radius 3 is 2.37 bits per heavy atom. The minimum absolute atomic E-state index is 0.0433. The monoisotopic (exact) mass is 361 g/mol. The molecule has 27 heavy (non-hydrogen) atoms. The molecule has 1 amide bonds. The van der Waals surface area contributed by atoms with Gasteiger partial charge >= 0.3 is 0 Å². The van der Waals surface area contributed by atoms with Crippen molar-refractivity contribution in [1.82, 2.24) is 9.38 Å². The summed E-state index contributed by atoms with van der Waals surface area (Å²) in [5.74, 6) is 0.256. The number of carbonyl (C=O) groups is 1. The predicted molar refractivity (Wildman–Crippen MR) is 109 cm³/mol. The van der Waals surface area contributed by atoms with E-state index in [1.807, 2.05) is 42.6 Å². The van der Waals surface area contributed by atoms with E-state index in [0.29, 0.717) is 22.6 Å². The topological polar surface area (TPSA) is 96.3 Å². The Balaban J connectivity index is 1.81. The van der Waals surface area contributed by atoms with Crippen LogP contribution in [0.2, 0.25) is 0 Å². The van der Waals surface area contributed by atoms with E-state index in [0.717, 1.165) is 5.56 Å². The molecule has 2 aromatic heterocycles. The first-order valence-electron chi connectivity index (χ1n) is 8.65. The molecule has 0 bridgehead atoms. The van der Waals surface area contributed by atoms with Crippen molar-refractivity contribution in [3.63, 3.8) is 0 Å². The normalized spacial score (nSPS) is 12.2. The molecule has 0 spiro atoms. The van der Waals surface area contributed by atoms with Crippen molar-refractivity contribution >= 4 is 29.2 Å². The van der Waals surface area contributed by atoms with Gasteiger partial charge in [-0.3, -0.25) is 4.79 Å². The maximum absolute atomic E-state index is 12.5. The number of nitrogens with one attached hydrogen (secondary N) is 2. The number of fused-ring (bicyclic) bond motifs is 1. The van der Waals surface area contributed by atoms with Crippen molar-refractivity contribution in [1.29, 1.82) is 5.41 Å². The summed E-state index contributed by atoms with van der Waals surface area (Å²) in [5.41, 5.74) is 9.44. The molecule has 1 aromatic carbocycles. The number of anilines is 1. The van der Waals surface area contributed by atoms with Crippen molar-refractivity contribution in [2.75, 3.05) is 5.32 Å². The summed E-state index contributed by atoms with van der Waals surface area (Å²) in [6.45, 7) is 6.41. The number of nitrogens with two attached hydrogens (primary N) is 1. The third-order valence-corrected chi connectivity index (χ3v) is 4.37. The van der Waals surface area contributed by atoms with E-state index < -0.39 is 0 Å². The molecule has 3 aromatic rings. The van der Waals surface area contributed by atoms with Crippen LogP contribution in [0.25, 0.3) is 11.2 Å². The number of allylic oxidation sites excluding steroid dienone is 1. The van der Waals surface area contributed by atoms with Gasteiger partial charge in [0.1, 0.15) is 5.65 Å². The molecule has 0 aliphatic rings. The third-order valence-electron chi connectivity index (χ3n) is 4.37. The Morgan fingerprint density at radius 2 is 1.78 bits per heavy atom. The molecule has 2 heterocycles. The molecule has 0 fully saturated rings. The fourth-order valence-electron chi connectivity index (χ4n) is 2.76. The van der Waals surface area contributed by atoms with Crippen molar-refractivity contribution in [3.8, 4) is 0 Å². The van der Waals surface area contributed by atoms with E-state index in [2.05, 4.69) is 31.1 Å². The van der Waals surface area contributed by atoms with Crippen LogP contribution in [0, 0.1) is 5.41 Å².